The Morgan fingerprint density at radius 3 is 2.47 bits per heavy atom. The Balaban J connectivity index is 2.17. The summed E-state index contributed by atoms with van der Waals surface area (Å²) in [5.74, 6) is -3.07. The van der Waals surface area contributed by atoms with Crippen LogP contribution in [0.1, 0.15) is 12.8 Å². The molecule has 1 aliphatic carbocycles. The standard InChI is InChI=1S/C11H9FN2O5/c12-7-5-6(1-2-8(7)14(18)19)13-9(15)11(3-4-11)10(16)17/h1-2,5H,3-4H2,(H,13,15)(H,16,17). The molecule has 1 aromatic rings. The van der Waals surface area contributed by atoms with Crippen molar-refractivity contribution in [2.45, 2.75) is 12.8 Å². The lowest BCUT2D eigenvalue weighted by Crippen LogP contribution is -2.31. The first-order valence-corrected chi connectivity index (χ1v) is 5.35. The molecule has 1 aliphatic rings. The normalized spacial score (nSPS) is 15.6. The van der Waals surface area contributed by atoms with Crippen molar-refractivity contribution in [2.75, 3.05) is 5.32 Å². The van der Waals surface area contributed by atoms with Gasteiger partial charge in [-0.25, -0.2) is 0 Å². The molecule has 8 heteroatoms. The van der Waals surface area contributed by atoms with Crippen LogP contribution in [0.3, 0.4) is 0 Å². The number of hydrogen-bond donors (Lipinski definition) is 2. The van der Waals surface area contributed by atoms with Gasteiger partial charge in [0.25, 0.3) is 0 Å². The van der Waals surface area contributed by atoms with Gasteiger partial charge in [-0.15, -0.1) is 0 Å². The first-order chi connectivity index (χ1) is 8.86. The molecule has 1 aromatic carbocycles. The highest BCUT2D eigenvalue weighted by atomic mass is 19.1. The predicted octanol–water partition coefficient (Wildman–Crippen LogP) is 1.54. The van der Waals surface area contributed by atoms with Crippen molar-refractivity contribution in [3.63, 3.8) is 0 Å². The number of halogens is 1. The Hall–Kier alpha value is -2.51. The van der Waals surface area contributed by atoms with Gasteiger partial charge in [-0.1, -0.05) is 0 Å². The smallest absolute Gasteiger partial charge is 0.319 e. The first kappa shape index (κ1) is 12.9. The Morgan fingerprint density at radius 2 is 2.05 bits per heavy atom. The molecule has 0 unspecified atom stereocenters. The van der Waals surface area contributed by atoms with E-state index in [2.05, 4.69) is 5.32 Å². The lowest BCUT2D eigenvalue weighted by Gasteiger charge is -2.10. The van der Waals surface area contributed by atoms with Crippen LogP contribution in [0.15, 0.2) is 18.2 Å². The lowest BCUT2D eigenvalue weighted by molar-refractivity contribution is -0.387. The number of carboxylic acid groups (broad SMARTS) is 1. The third-order valence-corrected chi connectivity index (χ3v) is 3.00. The van der Waals surface area contributed by atoms with E-state index in [4.69, 9.17) is 5.11 Å². The highest BCUT2D eigenvalue weighted by Crippen LogP contribution is 2.46. The van der Waals surface area contributed by atoms with Gasteiger partial charge in [0.15, 0.2) is 0 Å². The summed E-state index contributed by atoms with van der Waals surface area (Å²) in [6.45, 7) is 0. The van der Waals surface area contributed by atoms with E-state index in [1.165, 1.54) is 0 Å². The summed E-state index contributed by atoms with van der Waals surface area (Å²) in [5, 5.41) is 21.6. The van der Waals surface area contributed by atoms with Crippen molar-refractivity contribution in [1.29, 1.82) is 0 Å². The van der Waals surface area contributed by atoms with Crippen LogP contribution in [0.25, 0.3) is 0 Å². The molecule has 1 amide bonds. The van der Waals surface area contributed by atoms with Crippen LogP contribution >= 0.6 is 0 Å². The average Bonchev–Trinajstić information content (AvgIpc) is 3.09. The third kappa shape index (κ3) is 2.24. The van der Waals surface area contributed by atoms with Crippen LogP contribution < -0.4 is 5.32 Å². The highest BCUT2D eigenvalue weighted by molar-refractivity contribution is 6.10. The number of nitrogens with zero attached hydrogens (tertiary/aromatic N) is 1. The van der Waals surface area contributed by atoms with E-state index in [9.17, 15) is 24.1 Å². The van der Waals surface area contributed by atoms with Crippen molar-refractivity contribution < 1.29 is 24.0 Å². The zero-order valence-electron chi connectivity index (χ0n) is 9.55. The second-order valence-electron chi connectivity index (χ2n) is 4.26. The van der Waals surface area contributed by atoms with E-state index in [1.54, 1.807) is 0 Å². The summed E-state index contributed by atoms with van der Waals surface area (Å²) in [7, 11) is 0. The number of carbonyl (C=O) groups is 2. The number of hydrogen-bond acceptors (Lipinski definition) is 4. The quantitative estimate of drug-likeness (QED) is 0.489. The molecule has 2 N–H and O–H groups in total. The molecule has 0 aromatic heterocycles. The molecule has 0 heterocycles. The number of anilines is 1. The molecule has 100 valence electrons. The van der Waals surface area contributed by atoms with E-state index in [0.29, 0.717) is 0 Å². The van der Waals surface area contributed by atoms with Gasteiger partial charge in [0.1, 0.15) is 5.41 Å². The fourth-order valence-electron chi connectivity index (χ4n) is 1.65. The van der Waals surface area contributed by atoms with Crippen LogP contribution in [-0.2, 0) is 9.59 Å². The summed E-state index contributed by atoms with van der Waals surface area (Å²) in [6.07, 6.45) is 0.452. The number of nitro benzene ring substituents is 1. The fraction of sp³-hybridized carbons (Fsp3) is 0.273. The van der Waals surface area contributed by atoms with E-state index < -0.39 is 33.7 Å². The summed E-state index contributed by atoms with van der Waals surface area (Å²) in [5.41, 5.74) is -2.17. The minimum absolute atomic E-state index is 0.0133. The molecule has 2 rings (SSSR count). The summed E-state index contributed by atoms with van der Waals surface area (Å²) in [6, 6.07) is 2.84. The van der Waals surface area contributed by atoms with E-state index in [-0.39, 0.29) is 18.5 Å². The predicted molar refractivity (Wildman–Crippen MR) is 61.0 cm³/mol. The van der Waals surface area contributed by atoms with Gasteiger partial charge in [-0.3, -0.25) is 19.7 Å². The van der Waals surface area contributed by atoms with Crippen molar-refractivity contribution in [3.8, 4) is 0 Å². The minimum Gasteiger partial charge on any atom is -0.480 e. The maximum Gasteiger partial charge on any atom is 0.319 e. The number of amides is 1. The Kier molecular flexibility index (Phi) is 2.93. The average molecular weight is 268 g/mol. The molecular weight excluding hydrogens is 259 g/mol. The number of aliphatic carboxylic acids is 1. The molecule has 0 bridgehead atoms. The molecule has 0 atom stereocenters. The Morgan fingerprint density at radius 1 is 1.42 bits per heavy atom. The second-order valence-corrected chi connectivity index (χ2v) is 4.26. The summed E-state index contributed by atoms with van der Waals surface area (Å²) < 4.78 is 13.3. The van der Waals surface area contributed by atoms with Gasteiger partial charge in [-0.05, 0) is 18.9 Å². The van der Waals surface area contributed by atoms with Gasteiger partial charge >= 0.3 is 11.7 Å². The molecular formula is C11H9FN2O5. The fourth-order valence-corrected chi connectivity index (χ4v) is 1.65. The number of carbonyl (C=O) groups excluding carboxylic acids is 1. The second kappa shape index (κ2) is 4.30. The van der Waals surface area contributed by atoms with Crippen molar-refractivity contribution in [1.82, 2.24) is 0 Å². The lowest BCUT2D eigenvalue weighted by atomic mass is 10.1. The maximum atomic E-state index is 13.3. The highest BCUT2D eigenvalue weighted by Gasteiger charge is 2.57. The molecule has 0 aliphatic heterocycles. The van der Waals surface area contributed by atoms with Crippen LogP contribution in [-0.4, -0.2) is 21.9 Å². The van der Waals surface area contributed by atoms with Crippen molar-refractivity contribution in [3.05, 3.63) is 34.1 Å². The molecule has 0 spiro atoms. The molecule has 0 radical (unpaired) electrons. The van der Waals surface area contributed by atoms with Crippen LogP contribution in [0, 0.1) is 21.3 Å². The SMILES string of the molecule is O=C(O)C1(C(=O)Nc2ccc([N+](=O)[O-])c(F)c2)CC1. The molecule has 1 saturated carbocycles. The van der Waals surface area contributed by atoms with Gasteiger partial charge < -0.3 is 10.4 Å². The van der Waals surface area contributed by atoms with Crippen molar-refractivity contribution in [2.24, 2.45) is 5.41 Å². The third-order valence-electron chi connectivity index (χ3n) is 3.00. The van der Waals surface area contributed by atoms with Gasteiger partial charge in [0.05, 0.1) is 4.92 Å². The van der Waals surface area contributed by atoms with E-state index >= 15 is 0 Å². The minimum atomic E-state index is -1.45. The number of nitrogens with one attached hydrogen (secondary N) is 1. The van der Waals surface area contributed by atoms with Gasteiger partial charge in [0.2, 0.25) is 11.7 Å². The monoisotopic (exact) mass is 268 g/mol. The Labute approximate surface area is 106 Å². The zero-order chi connectivity index (χ0) is 14.2. The summed E-state index contributed by atoms with van der Waals surface area (Å²) in [4.78, 5) is 32.1. The van der Waals surface area contributed by atoms with E-state index in [1.807, 2.05) is 0 Å². The molecule has 19 heavy (non-hydrogen) atoms. The molecule has 1 fully saturated rings. The first-order valence-electron chi connectivity index (χ1n) is 5.35. The van der Waals surface area contributed by atoms with Crippen LogP contribution in [0.2, 0.25) is 0 Å². The number of nitro groups is 1. The maximum absolute atomic E-state index is 13.3. The van der Waals surface area contributed by atoms with Crippen LogP contribution in [0.4, 0.5) is 15.8 Å². The summed E-state index contributed by atoms with van der Waals surface area (Å²) >= 11 is 0. The topological polar surface area (TPSA) is 110 Å². The number of carboxylic acids is 1. The molecule has 7 nitrogen and oxygen atoms in total. The largest absolute Gasteiger partial charge is 0.480 e. The Bertz CT molecular complexity index is 582. The number of rotatable bonds is 4. The van der Waals surface area contributed by atoms with Crippen molar-refractivity contribution >= 4 is 23.3 Å². The number of benzene rings is 1. The van der Waals surface area contributed by atoms with Gasteiger partial charge in [-0.2, -0.15) is 4.39 Å². The molecule has 0 saturated heterocycles. The van der Waals surface area contributed by atoms with Crippen LogP contribution in [0.5, 0.6) is 0 Å². The zero-order valence-corrected chi connectivity index (χ0v) is 9.55. The van der Waals surface area contributed by atoms with E-state index in [0.717, 1.165) is 18.2 Å². The van der Waals surface area contributed by atoms with Gasteiger partial charge in [0, 0.05) is 17.8 Å².